The van der Waals surface area contributed by atoms with Gasteiger partial charge in [0, 0.05) is 12.6 Å². The molecule has 1 unspecified atom stereocenters. The Morgan fingerprint density at radius 2 is 2.44 bits per heavy atom. The lowest BCUT2D eigenvalue weighted by atomic mass is 10.1. The normalized spacial score (nSPS) is 20.7. The number of fused-ring (bicyclic) bond motifs is 1. The van der Waals surface area contributed by atoms with Gasteiger partial charge in [-0.15, -0.1) is 10.2 Å². The van der Waals surface area contributed by atoms with Gasteiger partial charge in [0.05, 0.1) is 5.02 Å². The summed E-state index contributed by atoms with van der Waals surface area (Å²) in [7, 11) is 0. The fourth-order valence-corrected chi connectivity index (χ4v) is 2.42. The molecular weight excluding hydrogens is 224 g/mol. The van der Waals surface area contributed by atoms with Crippen LogP contribution in [0.2, 0.25) is 5.02 Å². The fourth-order valence-electron chi connectivity index (χ4n) is 2.22. The van der Waals surface area contributed by atoms with Crippen LogP contribution in [0.3, 0.4) is 0 Å². The van der Waals surface area contributed by atoms with E-state index in [1.54, 1.807) is 0 Å². The molecule has 0 bridgehead atoms. The van der Waals surface area contributed by atoms with Crippen molar-refractivity contribution in [2.24, 2.45) is 5.92 Å². The summed E-state index contributed by atoms with van der Waals surface area (Å²) >= 11 is 6.05. The van der Waals surface area contributed by atoms with E-state index in [-0.39, 0.29) is 0 Å². The molecule has 2 aromatic heterocycles. The second kappa shape index (κ2) is 4.03. The van der Waals surface area contributed by atoms with Crippen molar-refractivity contribution in [2.45, 2.75) is 12.8 Å². The van der Waals surface area contributed by atoms with Crippen LogP contribution in [0.5, 0.6) is 0 Å². The molecule has 1 saturated heterocycles. The Balaban J connectivity index is 1.94. The SMILES string of the molecule is Clc1cccn2c(CC3CCNC3)nnc12. The smallest absolute Gasteiger partial charge is 0.179 e. The van der Waals surface area contributed by atoms with Crippen LogP contribution in [0.4, 0.5) is 0 Å². The molecule has 1 atom stereocenters. The summed E-state index contributed by atoms with van der Waals surface area (Å²) in [6.45, 7) is 2.19. The summed E-state index contributed by atoms with van der Waals surface area (Å²) in [5, 5.41) is 12.4. The van der Waals surface area contributed by atoms with Crippen LogP contribution >= 0.6 is 11.6 Å². The molecule has 16 heavy (non-hydrogen) atoms. The number of nitrogens with one attached hydrogen (secondary N) is 1. The van der Waals surface area contributed by atoms with E-state index in [0.717, 1.165) is 31.0 Å². The van der Waals surface area contributed by atoms with Crippen LogP contribution in [0.25, 0.3) is 5.65 Å². The first-order valence-corrected chi connectivity index (χ1v) is 5.91. The van der Waals surface area contributed by atoms with Crippen LogP contribution < -0.4 is 5.32 Å². The second-order valence-electron chi connectivity index (χ2n) is 4.23. The highest BCUT2D eigenvalue weighted by atomic mass is 35.5. The van der Waals surface area contributed by atoms with Crippen molar-refractivity contribution in [3.05, 3.63) is 29.2 Å². The molecule has 0 saturated carbocycles. The predicted molar refractivity (Wildman–Crippen MR) is 62.7 cm³/mol. The van der Waals surface area contributed by atoms with Crippen molar-refractivity contribution < 1.29 is 0 Å². The maximum atomic E-state index is 6.05. The largest absolute Gasteiger partial charge is 0.316 e. The van der Waals surface area contributed by atoms with Crippen molar-refractivity contribution in [2.75, 3.05) is 13.1 Å². The standard InChI is InChI=1S/C11H13ClN4/c12-9-2-1-5-16-10(14-15-11(9)16)6-8-3-4-13-7-8/h1-2,5,8,13H,3-4,6-7H2. The molecule has 5 heteroatoms. The van der Waals surface area contributed by atoms with Gasteiger partial charge in [0.25, 0.3) is 0 Å². The molecule has 3 heterocycles. The first-order chi connectivity index (χ1) is 7.84. The topological polar surface area (TPSA) is 42.2 Å². The zero-order valence-electron chi connectivity index (χ0n) is 8.86. The summed E-state index contributed by atoms with van der Waals surface area (Å²) < 4.78 is 1.99. The van der Waals surface area contributed by atoms with Gasteiger partial charge in [-0.05, 0) is 37.6 Å². The highest BCUT2D eigenvalue weighted by Gasteiger charge is 2.18. The third-order valence-corrected chi connectivity index (χ3v) is 3.39. The van der Waals surface area contributed by atoms with Gasteiger partial charge in [-0.25, -0.2) is 0 Å². The molecule has 1 N–H and O–H groups in total. The van der Waals surface area contributed by atoms with E-state index in [0.29, 0.717) is 10.9 Å². The molecule has 4 nitrogen and oxygen atoms in total. The number of pyridine rings is 1. The van der Waals surface area contributed by atoms with E-state index >= 15 is 0 Å². The lowest BCUT2D eigenvalue weighted by Gasteiger charge is -2.05. The van der Waals surface area contributed by atoms with Gasteiger partial charge in [0.1, 0.15) is 5.82 Å². The number of rotatable bonds is 2. The molecule has 2 aromatic rings. The van der Waals surface area contributed by atoms with Gasteiger partial charge in [-0.3, -0.25) is 4.40 Å². The second-order valence-corrected chi connectivity index (χ2v) is 4.64. The Morgan fingerprint density at radius 3 is 3.25 bits per heavy atom. The highest BCUT2D eigenvalue weighted by molar-refractivity contribution is 6.33. The molecular formula is C11H13ClN4. The molecule has 1 fully saturated rings. The van der Waals surface area contributed by atoms with Gasteiger partial charge >= 0.3 is 0 Å². The predicted octanol–water partition coefficient (Wildman–Crippen LogP) is 1.53. The van der Waals surface area contributed by atoms with Crippen LogP contribution in [-0.2, 0) is 6.42 Å². The van der Waals surface area contributed by atoms with E-state index in [1.165, 1.54) is 6.42 Å². The monoisotopic (exact) mass is 236 g/mol. The van der Waals surface area contributed by atoms with Gasteiger partial charge in [-0.1, -0.05) is 11.6 Å². The maximum absolute atomic E-state index is 6.05. The minimum absolute atomic E-state index is 0.658. The molecule has 0 radical (unpaired) electrons. The lowest BCUT2D eigenvalue weighted by Crippen LogP contribution is -2.12. The summed E-state index contributed by atoms with van der Waals surface area (Å²) in [6, 6.07) is 3.77. The van der Waals surface area contributed by atoms with Crippen molar-refractivity contribution in [3.63, 3.8) is 0 Å². The Bertz CT molecular complexity index is 502. The van der Waals surface area contributed by atoms with Gasteiger partial charge in [0.2, 0.25) is 0 Å². The van der Waals surface area contributed by atoms with E-state index in [2.05, 4.69) is 15.5 Å². The van der Waals surface area contributed by atoms with Crippen molar-refractivity contribution in [1.29, 1.82) is 0 Å². The fraction of sp³-hybridized carbons (Fsp3) is 0.455. The first-order valence-electron chi connectivity index (χ1n) is 5.53. The van der Waals surface area contributed by atoms with E-state index < -0.39 is 0 Å². The van der Waals surface area contributed by atoms with Crippen LogP contribution in [0, 0.1) is 5.92 Å². The van der Waals surface area contributed by atoms with E-state index in [1.807, 2.05) is 22.7 Å². The van der Waals surface area contributed by atoms with Gasteiger partial charge in [0.15, 0.2) is 5.65 Å². The molecule has 0 aromatic carbocycles. The van der Waals surface area contributed by atoms with E-state index in [4.69, 9.17) is 11.6 Å². The summed E-state index contributed by atoms with van der Waals surface area (Å²) in [5.74, 6) is 1.68. The quantitative estimate of drug-likeness (QED) is 0.860. The number of nitrogens with zero attached hydrogens (tertiary/aromatic N) is 3. The Hall–Kier alpha value is -1.13. The molecule has 0 aliphatic carbocycles. The van der Waals surface area contributed by atoms with Crippen molar-refractivity contribution in [1.82, 2.24) is 19.9 Å². The number of aromatic nitrogens is 3. The van der Waals surface area contributed by atoms with Crippen LogP contribution in [0.1, 0.15) is 12.2 Å². The molecule has 1 aliphatic heterocycles. The van der Waals surface area contributed by atoms with Crippen LogP contribution in [0.15, 0.2) is 18.3 Å². The third-order valence-electron chi connectivity index (χ3n) is 3.09. The minimum atomic E-state index is 0.658. The van der Waals surface area contributed by atoms with Crippen molar-refractivity contribution in [3.8, 4) is 0 Å². The Labute approximate surface area is 98.6 Å². The summed E-state index contributed by atoms with van der Waals surface area (Å²) in [4.78, 5) is 0. The lowest BCUT2D eigenvalue weighted by molar-refractivity contribution is 0.558. The molecule has 0 spiro atoms. The first kappa shape index (κ1) is 10.1. The van der Waals surface area contributed by atoms with Crippen LogP contribution in [-0.4, -0.2) is 27.7 Å². The minimum Gasteiger partial charge on any atom is -0.316 e. The zero-order valence-corrected chi connectivity index (χ0v) is 9.61. The third kappa shape index (κ3) is 1.68. The summed E-state index contributed by atoms with van der Waals surface area (Å²) in [6.07, 6.45) is 4.16. The summed E-state index contributed by atoms with van der Waals surface area (Å²) in [5.41, 5.74) is 0.755. The average molecular weight is 237 g/mol. The molecule has 3 rings (SSSR count). The molecule has 1 aliphatic rings. The number of hydrogen-bond acceptors (Lipinski definition) is 3. The Kier molecular flexibility index (Phi) is 2.53. The van der Waals surface area contributed by atoms with Crippen molar-refractivity contribution >= 4 is 17.2 Å². The van der Waals surface area contributed by atoms with Gasteiger partial charge < -0.3 is 5.32 Å². The number of halogens is 1. The highest BCUT2D eigenvalue weighted by Crippen LogP contribution is 2.18. The average Bonchev–Trinajstić information content (AvgIpc) is 2.90. The zero-order chi connectivity index (χ0) is 11.0. The Morgan fingerprint density at radius 1 is 1.50 bits per heavy atom. The maximum Gasteiger partial charge on any atom is 0.179 e. The molecule has 0 amide bonds. The van der Waals surface area contributed by atoms with E-state index in [9.17, 15) is 0 Å². The molecule has 84 valence electrons. The van der Waals surface area contributed by atoms with Gasteiger partial charge in [-0.2, -0.15) is 0 Å². The number of hydrogen-bond donors (Lipinski definition) is 1.